The highest BCUT2D eigenvalue weighted by molar-refractivity contribution is 6.32. The number of halogens is 2. The monoisotopic (exact) mass is 334 g/mol. The minimum atomic E-state index is -0.215. The van der Waals surface area contributed by atoms with Crippen LogP contribution in [-0.2, 0) is 4.79 Å². The number of carbonyl (C=O) groups is 1. The van der Waals surface area contributed by atoms with Crippen molar-refractivity contribution in [1.82, 2.24) is 5.32 Å². The van der Waals surface area contributed by atoms with Crippen LogP contribution < -0.4 is 15.8 Å². The zero-order chi connectivity index (χ0) is 15.1. The van der Waals surface area contributed by atoms with Crippen molar-refractivity contribution in [3.8, 4) is 5.75 Å². The van der Waals surface area contributed by atoms with Crippen LogP contribution in [0.4, 0.5) is 0 Å². The number of hydrogen-bond donors (Lipinski definition) is 2. The molecule has 1 aromatic carbocycles. The third-order valence-corrected chi connectivity index (χ3v) is 3.60. The molecule has 0 fully saturated rings. The smallest absolute Gasteiger partial charge is 0.224 e. The first-order valence-electron chi connectivity index (χ1n) is 6.90. The van der Waals surface area contributed by atoms with Gasteiger partial charge in [0.05, 0.1) is 11.6 Å². The zero-order valence-electron chi connectivity index (χ0n) is 12.6. The van der Waals surface area contributed by atoms with E-state index in [1.807, 2.05) is 39.0 Å². The fraction of sp³-hybridized carbons (Fsp3) is 0.533. The Labute approximate surface area is 137 Å². The van der Waals surface area contributed by atoms with Gasteiger partial charge in [-0.25, -0.2) is 0 Å². The standard InChI is InChI=1S/C15H23ClN2O2.ClH/c1-4-12(9-18-15(19)10(2)11(3)17)20-14-8-6-5-7-13(14)16;/h5-8,10-12H,4,9,17H2,1-3H3,(H,18,19);1H. The van der Waals surface area contributed by atoms with Gasteiger partial charge in [0, 0.05) is 12.0 Å². The van der Waals surface area contributed by atoms with Crippen molar-refractivity contribution < 1.29 is 9.53 Å². The maximum Gasteiger partial charge on any atom is 0.224 e. The summed E-state index contributed by atoms with van der Waals surface area (Å²) >= 11 is 6.05. The fourth-order valence-electron chi connectivity index (χ4n) is 1.60. The molecule has 0 aliphatic rings. The van der Waals surface area contributed by atoms with Crippen molar-refractivity contribution >= 4 is 29.9 Å². The molecule has 0 aliphatic carbocycles. The van der Waals surface area contributed by atoms with Gasteiger partial charge in [0.1, 0.15) is 11.9 Å². The molecule has 3 atom stereocenters. The first-order valence-corrected chi connectivity index (χ1v) is 7.28. The summed E-state index contributed by atoms with van der Waals surface area (Å²) in [5.41, 5.74) is 5.71. The third-order valence-electron chi connectivity index (χ3n) is 3.29. The molecule has 3 unspecified atom stereocenters. The Morgan fingerprint density at radius 3 is 2.52 bits per heavy atom. The Morgan fingerprint density at radius 2 is 2.00 bits per heavy atom. The molecule has 4 nitrogen and oxygen atoms in total. The van der Waals surface area contributed by atoms with Crippen molar-refractivity contribution in [2.45, 2.75) is 39.3 Å². The summed E-state index contributed by atoms with van der Waals surface area (Å²) in [4.78, 5) is 11.9. The van der Waals surface area contributed by atoms with E-state index in [1.165, 1.54) is 0 Å². The lowest BCUT2D eigenvalue weighted by atomic mass is 10.0. The van der Waals surface area contributed by atoms with Crippen LogP contribution in [0.1, 0.15) is 27.2 Å². The van der Waals surface area contributed by atoms with Crippen LogP contribution in [-0.4, -0.2) is 24.6 Å². The molecule has 21 heavy (non-hydrogen) atoms. The van der Waals surface area contributed by atoms with Crippen LogP contribution in [0.2, 0.25) is 5.02 Å². The lowest BCUT2D eigenvalue weighted by molar-refractivity contribution is -0.125. The van der Waals surface area contributed by atoms with E-state index >= 15 is 0 Å². The predicted molar refractivity (Wildman–Crippen MR) is 89.2 cm³/mol. The van der Waals surface area contributed by atoms with Crippen LogP contribution >= 0.6 is 24.0 Å². The van der Waals surface area contributed by atoms with Gasteiger partial charge in [0.2, 0.25) is 5.91 Å². The number of rotatable bonds is 7. The molecule has 0 bridgehead atoms. The summed E-state index contributed by atoms with van der Waals surface area (Å²) in [7, 11) is 0. The Hall–Kier alpha value is -0.970. The lowest BCUT2D eigenvalue weighted by Gasteiger charge is -2.21. The highest BCUT2D eigenvalue weighted by Gasteiger charge is 2.18. The van der Waals surface area contributed by atoms with E-state index < -0.39 is 0 Å². The molecule has 0 radical (unpaired) electrons. The average molecular weight is 335 g/mol. The summed E-state index contributed by atoms with van der Waals surface area (Å²) in [5, 5.41) is 3.44. The number of nitrogens with one attached hydrogen (secondary N) is 1. The molecule has 1 amide bonds. The predicted octanol–water partition coefficient (Wildman–Crippen LogP) is 3.02. The minimum absolute atomic E-state index is 0. The summed E-state index contributed by atoms with van der Waals surface area (Å²) < 4.78 is 5.81. The van der Waals surface area contributed by atoms with Gasteiger partial charge in [-0.15, -0.1) is 12.4 Å². The summed E-state index contributed by atoms with van der Waals surface area (Å²) in [6.45, 7) is 6.08. The van der Waals surface area contributed by atoms with E-state index in [0.717, 1.165) is 6.42 Å². The van der Waals surface area contributed by atoms with Crippen molar-refractivity contribution in [2.24, 2.45) is 11.7 Å². The van der Waals surface area contributed by atoms with Gasteiger partial charge in [0.25, 0.3) is 0 Å². The van der Waals surface area contributed by atoms with Crippen LogP contribution in [0.3, 0.4) is 0 Å². The Morgan fingerprint density at radius 1 is 1.38 bits per heavy atom. The molecule has 0 saturated heterocycles. The molecule has 3 N–H and O–H groups in total. The first-order chi connectivity index (χ1) is 9.45. The van der Waals surface area contributed by atoms with E-state index in [0.29, 0.717) is 17.3 Å². The SMILES string of the molecule is CCC(CNC(=O)C(C)C(C)N)Oc1ccccc1Cl.Cl. The molecule has 120 valence electrons. The van der Waals surface area contributed by atoms with Gasteiger partial charge in [-0.3, -0.25) is 4.79 Å². The molecule has 0 saturated carbocycles. The van der Waals surface area contributed by atoms with E-state index in [4.69, 9.17) is 22.1 Å². The maximum absolute atomic E-state index is 11.9. The topological polar surface area (TPSA) is 64.4 Å². The molecule has 6 heteroatoms. The Kier molecular flexibility index (Phi) is 9.42. The van der Waals surface area contributed by atoms with Crippen molar-refractivity contribution in [3.05, 3.63) is 29.3 Å². The Bertz CT molecular complexity index is 441. The summed E-state index contributed by atoms with van der Waals surface area (Å²) in [6, 6.07) is 7.14. The second kappa shape index (κ2) is 9.87. The summed E-state index contributed by atoms with van der Waals surface area (Å²) in [6.07, 6.45) is 0.664. The number of ether oxygens (including phenoxy) is 1. The maximum atomic E-state index is 11.9. The summed E-state index contributed by atoms with van der Waals surface area (Å²) in [5.74, 6) is 0.365. The van der Waals surface area contributed by atoms with Gasteiger partial charge >= 0.3 is 0 Å². The van der Waals surface area contributed by atoms with E-state index in [9.17, 15) is 4.79 Å². The molecule has 1 aromatic rings. The molecular weight excluding hydrogens is 311 g/mol. The number of carbonyl (C=O) groups excluding carboxylic acids is 1. The fourth-order valence-corrected chi connectivity index (χ4v) is 1.78. The van der Waals surface area contributed by atoms with Crippen molar-refractivity contribution in [2.75, 3.05) is 6.54 Å². The molecule has 0 spiro atoms. The van der Waals surface area contributed by atoms with Crippen LogP contribution in [0.25, 0.3) is 0 Å². The highest BCUT2D eigenvalue weighted by Crippen LogP contribution is 2.24. The van der Waals surface area contributed by atoms with Crippen LogP contribution in [0, 0.1) is 5.92 Å². The van der Waals surface area contributed by atoms with Crippen LogP contribution in [0.15, 0.2) is 24.3 Å². The van der Waals surface area contributed by atoms with Crippen molar-refractivity contribution in [1.29, 1.82) is 0 Å². The van der Waals surface area contributed by atoms with Gasteiger partial charge < -0.3 is 15.8 Å². The van der Waals surface area contributed by atoms with Gasteiger partial charge in [-0.05, 0) is 25.5 Å². The second-order valence-electron chi connectivity index (χ2n) is 4.97. The highest BCUT2D eigenvalue weighted by atomic mass is 35.5. The zero-order valence-corrected chi connectivity index (χ0v) is 14.2. The number of amides is 1. The minimum Gasteiger partial charge on any atom is -0.487 e. The Balaban J connectivity index is 0.00000400. The second-order valence-corrected chi connectivity index (χ2v) is 5.38. The lowest BCUT2D eigenvalue weighted by Crippen LogP contribution is -2.42. The normalized spacial score (nSPS) is 14.5. The van der Waals surface area contributed by atoms with E-state index in [-0.39, 0.29) is 36.4 Å². The number of nitrogens with two attached hydrogens (primary N) is 1. The van der Waals surface area contributed by atoms with Gasteiger partial charge in [-0.1, -0.05) is 37.6 Å². The first kappa shape index (κ1) is 20.0. The molecular formula is C15H24Cl2N2O2. The average Bonchev–Trinajstić information content (AvgIpc) is 2.43. The van der Waals surface area contributed by atoms with E-state index in [2.05, 4.69) is 5.32 Å². The van der Waals surface area contributed by atoms with E-state index in [1.54, 1.807) is 6.07 Å². The van der Waals surface area contributed by atoms with Crippen molar-refractivity contribution in [3.63, 3.8) is 0 Å². The van der Waals surface area contributed by atoms with Crippen LogP contribution in [0.5, 0.6) is 5.75 Å². The molecule has 0 aromatic heterocycles. The van der Waals surface area contributed by atoms with Gasteiger partial charge in [-0.2, -0.15) is 0 Å². The number of hydrogen-bond acceptors (Lipinski definition) is 3. The quantitative estimate of drug-likeness (QED) is 0.805. The third kappa shape index (κ3) is 6.55. The molecule has 0 heterocycles. The van der Waals surface area contributed by atoms with Gasteiger partial charge in [0.15, 0.2) is 0 Å². The largest absolute Gasteiger partial charge is 0.487 e. The number of benzene rings is 1. The molecule has 1 rings (SSSR count). The molecule has 0 aliphatic heterocycles. The number of para-hydroxylation sites is 1.